The summed E-state index contributed by atoms with van der Waals surface area (Å²) >= 11 is 0. The van der Waals surface area contributed by atoms with E-state index in [-0.39, 0.29) is 22.1 Å². The quantitative estimate of drug-likeness (QED) is 0.663. The van der Waals surface area contributed by atoms with E-state index in [1.165, 1.54) is 30.3 Å². The molecule has 3 rings (SSSR count). The van der Waals surface area contributed by atoms with Crippen LogP contribution in [0.2, 0.25) is 0 Å². The zero-order chi connectivity index (χ0) is 20.1. The van der Waals surface area contributed by atoms with Crippen LogP contribution in [0.25, 0.3) is 0 Å². The molecule has 0 saturated carbocycles. The molecule has 0 aliphatic rings. The van der Waals surface area contributed by atoms with Gasteiger partial charge in [-0.15, -0.1) is 0 Å². The van der Waals surface area contributed by atoms with E-state index < -0.39 is 16.0 Å². The Labute approximate surface area is 161 Å². The summed E-state index contributed by atoms with van der Waals surface area (Å²) in [6.07, 6.45) is 0. The van der Waals surface area contributed by atoms with Gasteiger partial charge in [0.15, 0.2) is 0 Å². The Balaban J connectivity index is 1.72. The smallest absolute Gasteiger partial charge is 0.261 e. The number of rotatable bonds is 6. The number of hydrogen-bond donors (Lipinski definition) is 2. The first-order valence-corrected chi connectivity index (χ1v) is 9.64. The van der Waals surface area contributed by atoms with Crippen LogP contribution >= 0.6 is 0 Å². The van der Waals surface area contributed by atoms with E-state index in [4.69, 9.17) is 0 Å². The van der Waals surface area contributed by atoms with Gasteiger partial charge in [-0.1, -0.05) is 30.3 Å². The lowest BCUT2D eigenvalue weighted by Crippen LogP contribution is -2.23. The van der Waals surface area contributed by atoms with E-state index in [1.807, 2.05) is 0 Å². The molecule has 3 aromatic rings. The van der Waals surface area contributed by atoms with Gasteiger partial charge in [0.05, 0.1) is 10.9 Å². The molecule has 8 heteroatoms. The molecule has 0 heterocycles. The average Bonchev–Trinajstić information content (AvgIpc) is 2.70. The number of carbonyl (C=O) groups excluding carboxylic acids is 2. The molecule has 3 aromatic carbocycles. The summed E-state index contributed by atoms with van der Waals surface area (Å²) in [7, 11) is -3.98. The molecule has 0 aromatic heterocycles. The molecule has 0 radical (unpaired) electrons. The molecular weight excluding hydrogens is 380 g/mol. The first kappa shape index (κ1) is 19.1. The number of carboxylic acid groups (broad SMARTS) is 1. The lowest BCUT2D eigenvalue weighted by Gasteiger charge is -2.11. The van der Waals surface area contributed by atoms with E-state index in [0.717, 1.165) is 6.07 Å². The van der Waals surface area contributed by atoms with Gasteiger partial charge in [-0.3, -0.25) is 9.52 Å². The monoisotopic (exact) mass is 395 g/mol. The summed E-state index contributed by atoms with van der Waals surface area (Å²) in [5, 5.41) is 13.6. The molecular formula is C20H15N2O5S-. The normalized spacial score (nSPS) is 10.9. The number of anilines is 2. The molecule has 0 atom stereocenters. The van der Waals surface area contributed by atoms with Crippen molar-refractivity contribution in [2.75, 3.05) is 10.0 Å². The first-order valence-electron chi connectivity index (χ1n) is 8.16. The Morgan fingerprint density at radius 2 is 1.36 bits per heavy atom. The number of sulfonamides is 1. The highest BCUT2D eigenvalue weighted by atomic mass is 32.2. The summed E-state index contributed by atoms with van der Waals surface area (Å²) in [5.41, 5.74) is 1.02. The van der Waals surface area contributed by atoms with E-state index in [2.05, 4.69) is 10.0 Å². The number of amides is 1. The Kier molecular flexibility index (Phi) is 5.42. The SMILES string of the molecule is O=C([O-])c1cccc(S(=O)(=O)Nc2ccc(NC(=O)c3ccccc3)cc2)c1. The standard InChI is InChI=1S/C20H16N2O5S/c23-19(14-5-2-1-3-6-14)21-16-9-11-17(12-10-16)22-28(26,27)18-8-4-7-15(13-18)20(24)25/h1-13,22H,(H,21,23)(H,24,25)/p-1. The number of hydrogen-bond acceptors (Lipinski definition) is 5. The van der Waals surface area contributed by atoms with Crippen LogP contribution in [0.15, 0.2) is 83.8 Å². The van der Waals surface area contributed by atoms with Gasteiger partial charge in [0.1, 0.15) is 0 Å². The minimum Gasteiger partial charge on any atom is -0.545 e. The van der Waals surface area contributed by atoms with Crippen LogP contribution in [0.5, 0.6) is 0 Å². The van der Waals surface area contributed by atoms with Gasteiger partial charge in [-0.2, -0.15) is 0 Å². The maximum atomic E-state index is 12.4. The van der Waals surface area contributed by atoms with Crippen molar-refractivity contribution >= 4 is 33.3 Å². The molecule has 28 heavy (non-hydrogen) atoms. The van der Waals surface area contributed by atoms with Gasteiger partial charge in [0.25, 0.3) is 15.9 Å². The second-order valence-corrected chi connectivity index (χ2v) is 7.50. The van der Waals surface area contributed by atoms with Gasteiger partial charge in [0, 0.05) is 16.9 Å². The van der Waals surface area contributed by atoms with Crippen LogP contribution in [0.4, 0.5) is 11.4 Å². The molecule has 0 aliphatic heterocycles. The van der Waals surface area contributed by atoms with Gasteiger partial charge in [-0.05, 0) is 54.1 Å². The Bertz CT molecular complexity index is 1110. The maximum absolute atomic E-state index is 12.4. The van der Waals surface area contributed by atoms with Crippen LogP contribution in [-0.2, 0) is 10.0 Å². The van der Waals surface area contributed by atoms with Crippen molar-refractivity contribution in [3.63, 3.8) is 0 Å². The Morgan fingerprint density at radius 1 is 0.750 bits per heavy atom. The number of carboxylic acids is 1. The predicted molar refractivity (Wildman–Crippen MR) is 102 cm³/mol. The number of aromatic carboxylic acids is 1. The topological polar surface area (TPSA) is 115 Å². The second-order valence-electron chi connectivity index (χ2n) is 5.82. The Morgan fingerprint density at radius 3 is 2.00 bits per heavy atom. The number of benzene rings is 3. The maximum Gasteiger partial charge on any atom is 0.261 e. The van der Waals surface area contributed by atoms with E-state index >= 15 is 0 Å². The third kappa shape index (κ3) is 4.54. The fourth-order valence-corrected chi connectivity index (χ4v) is 3.52. The van der Waals surface area contributed by atoms with Crippen LogP contribution in [0, 0.1) is 0 Å². The highest BCUT2D eigenvalue weighted by Crippen LogP contribution is 2.19. The largest absolute Gasteiger partial charge is 0.545 e. The first-order chi connectivity index (χ1) is 13.3. The molecule has 0 aliphatic carbocycles. The van der Waals surface area contributed by atoms with Gasteiger partial charge in [-0.25, -0.2) is 8.42 Å². The summed E-state index contributed by atoms with van der Waals surface area (Å²) in [4.78, 5) is 22.8. The zero-order valence-electron chi connectivity index (χ0n) is 14.5. The predicted octanol–water partition coefficient (Wildman–Crippen LogP) is 2.10. The van der Waals surface area contributed by atoms with Crippen molar-refractivity contribution in [2.24, 2.45) is 0 Å². The van der Waals surface area contributed by atoms with Crippen molar-refractivity contribution in [1.82, 2.24) is 0 Å². The number of nitrogens with one attached hydrogen (secondary N) is 2. The molecule has 0 unspecified atom stereocenters. The van der Waals surface area contributed by atoms with Crippen LogP contribution < -0.4 is 15.1 Å². The molecule has 1 amide bonds. The van der Waals surface area contributed by atoms with E-state index in [1.54, 1.807) is 42.5 Å². The van der Waals surface area contributed by atoms with Crippen molar-refractivity contribution in [3.8, 4) is 0 Å². The molecule has 0 bridgehead atoms. The third-order valence-corrected chi connectivity index (χ3v) is 5.19. The second kappa shape index (κ2) is 7.93. The molecule has 142 valence electrons. The summed E-state index contributed by atoms with van der Waals surface area (Å²) < 4.78 is 27.2. The van der Waals surface area contributed by atoms with Crippen molar-refractivity contribution in [2.45, 2.75) is 4.90 Å². The van der Waals surface area contributed by atoms with Crippen molar-refractivity contribution in [3.05, 3.63) is 90.0 Å². The zero-order valence-corrected chi connectivity index (χ0v) is 15.3. The van der Waals surface area contributed by atoms with Gasteiger partial charge >= 0.3 is 0 Å². The van der Waals surface area contributed by atoms with E-state index in [9.17, 15) is 23.1 Å². The van der Waals surface area contributed by atoms with Crippen molar-refractivity contribution in [1.29, 1.82) is 0 Å². The summed E-state index contributed by atoms with van der Waals surface area (Å²) in [6, 6.07) is 19.6. The third-order valence-electron chi connectivity index (χ3n) is 3.81. The minimum atomic E-state index is -3.98. The fraction of sp³-hybridized carbons (Fsp3) is 0. The lowest BCUT2D eigenvalue weighted by atomic mass is 10.2. The van der Waals surface area contributed by atoms with Crippen LogP contribution in [0.1, 0.15) is 20.7 Å². The van der Waals surface area contributed by atoms with Crippen LogP contribution in [-0.4, -0.2) is 20.3 Å². The highest BCUT2D eigenvalue weighted by Gasteiger charge is 2.15. The van der Waals surface area contributed by atoms with Crippen molar-refractivity contribution < 1.29 is 23.1 Å². The summed E-state index contributed by atoms with van der Waals surface area (Å²) in [5.74, 6) is -1.75. The van der Waals surface area contributed by atoms with Gasteiger partial charge in [0.2, 0.25) is 0 Å². The fourth-order valence-electron chi connectivity index (χ4n) is 2.42. The lowest BCUT2D eigenvalue weighted by molar-refractivity contribution is -0.255. The molecule has 0 spiro atoms. The van der Waals surface area contributed by atoms with Gasteiger partial charge < -0.3 is 15.2 Å². The minimum absolute atomic E-state index is 0.198. The highest BCUT2D eigenvalue weighted by molar-refractivity contribution is 7.92. The molecule has 7 nitrogen and oxygen atoms in total. The molecule has 0 saturated heterocycles. The molecule has 0 fully saturated rings. The summed E-state index contributed by atoms with van der Waals surface area (Å²) in [6.45, 7) is 0. The van der Waals surface area contributed by atoms with E-state index in [0.29, 0.717) is 11.3 Å². The average molecular weight is 395 g/mol. The number of carbonyl (C=O) groups is 2. The molecule has 2 N–H and O–H groups in total. The van der Waals surface area contributed by atoms with Crippen LogP contribution in [0.3, 0.4) is 0 Å². The Hall–Kier alpha value is -3.65.